The van der Waals surface area contributed by atoms with Gasteiger partial charge in [-0.25, -0.2) is 9.97 Å². The van der Waals surface area contributed by atoms with Crippen LogP contribution in [-0.2, 0) is 6.54 Å². The van der Waals surface area contributed by atoms with Crippen molar-refractivity contribution in [1.29, 1.82) is 0 Å². The van der Waals surface area contributed by atoms with Gasteiger partial charge in [0.15, 0.2) is 0 Å². The molecule has 1 saturated heterocycles. The van der Waals surface area contributed by atoms with E-state index in [1.54, 1.807) is 0 Å². The molecule has 6 nitrogen and oxygen atoms in total. The van der Waals surface area contributed by atoms with Crippen molar-refractivity contribution in [3.05, 3.63) is 41.6 Å². The molecule has 4 rings (SSSR count). The number of para-hydroxylation sites is 2. The van der Waals surface area contributed by atoms with Crippen molar-refractivity contribution in [1.82, 2.24) is 19.9 Å². The summed E-state index contributed by atoms with van der Waals surface area (Å²) in [6.07, 6.45) is 0. The summed E-state index contributed by atoms with van der Waals surface area (Å²) in [5.41, 5.74) is 3.10. The molecule has 0 unspecified atom stereocenters. The number of piperazine rings is 1. The zero-order chi connectivity index (χ0) is 15.8. The van der Waals surface area contributed by atoms with Crippen LogP contribution in [0.15, 0.2) is 28.7 Å². The molecule has 0 radical (unpaired) electrons. The Morgan fingerprint density at radius 2 is 1.87 bits per heavy atom. The number of oxazole rings is 1. The number of benzene rings is 1. The largest absolute Gasteiger partial charge is 0.444 e. The van der Waals surface area contributed by atoms with Gasteiger partial charge in [0.05, 0.1) is 23.3 Å². The predicted octanol–water partition coefficient (Wildman–Crippen LogP) is 2.49. The minimum absolute atomic E-state index is 0.780. The summed E-state index contributed by atoms with van der Waals surface area (Å²) >= 11 is 0. The first-order chi connectivity index (χ1) is 11.2. The highest BCUT2D eigenvalue weighted by Crippen LogP contribution is 2.19. The third-order valence-electron chi connectivity index (χ3n) is 4.48. The van der Waals surface area contributed by atoms with Crippen LogP contribution in [0.5, 0.6) is 0 Å². The third kappa shape index (κ3) is 2.82. The number of aryl methyl sites for hydroxylation is 2. The number of nitrogens with one attached hydrogen (secondary N) is 1. The first kappa shape index (κ1) is 14.3. The van der Waals surface area contributed by atoms with E-state index in [-0.39, 0.29) is 0 Å². The van der Waals surface area contributed by atoms with Gasteiger partial charge >= 0.3 is 0 Å². The van der Waals surface area contributed by atoms with E-state index in [2.05, 4.69) is 30.8 Å². The van der Waals surface area contributed by atoms with Crippen LogP contribution < -0.4 is 4.90 Å². The van der Waals surface area contributed by atoms with Gasteiger partial charge in [0.2, 0.25) is 11.8 Å². The molecule has 0 saturated carbocycles. The molecule has 23 heavy (non-hydrogen) atoms. The lowest BCUT2D eigenvalue weighted by Crippen LogP contribution is -2.46. The van der Waals surface area contributed by atoms with Gasteiger partial charge in [0.25, 0.3) is 0 Å². The maximum Gasteiger partial charge on any atom is 0.208 e. The number of H-pyrrole nitrogens is 1. The van der Waals surface area contributed by atoms with E-state index in [0.29, 0.717) is 0 Å². The van der Waals surface area contributed by atoms with Gasteiger partial charge < -0.3 is 14.3 Å². The van der Waals surface area contributed by atoms with E-state index in [9.17, 15) is 0 Å². The number of rotatable bonds is 3. The Morgan fingerprint density at radius 3 is 2.57 bits per heavy atom. The minimum Gasteiger partial charge on any atom is -0.444 e. The molecule has 1 aliphatic heterocycles. The molecule has 3 heterocycles. The van der Waals surface area contributed by atoms with Crippen molar-refractivity contribution in [2.24, 2.45) is 0 Å². The van der Waals surface area contributed by atoms with E-state index in [1.165, 1.54) is 0 Å². The van der Waals surface area contributed by atoms with Gasteiger partial charge in [-0.05, 0) is 26.0 Å². The smallest absolute Gasteiger partial charge is 0.208 e. The normalized spacial score (nSPS) is 16.3. The zero-order valence-electron chi connectivity index (χ0n) is 13.5. The van der Waals surface area contributed by atoms with Crippen molar-refractivity contribution >= 4 is 17.0 Å². The van der Waals surface area contributed by atoms with E-state index >= 15 is 0 Å². The zero-order valence-corrected chi connectivity index (χ0v) is 13.5. The summed E-state index contributed by atoms with van der Waals surface area (Å²) in [4.78, 5) is 17.2. The topological polar surface area (TPSA) is 61.2 Å². The fraction of sp³-hybridized carbons (Fsp3) is 0.412. The van der Waals surface area contributed by atoms with Crippen molar-refractivity contribution in [2.45, 2.75) is 20.4 Å². The lowest BCUT2D eigenvalue weighted by molar-refractivity contribution is 0.224. The first-order valence-corrected chi connectivity index (χ1v) is 8.04. The van der Waals surface area contributed by atoms with Gasteiger partial charge in [0, 0.05) is 26.2 Å². The van der Waals surface area contributed by atoms with Gasteiger partial charge in [-0.2, -0.15) is 0 Å². The van der Waals surface area contributed by atoms with Crippen LogP contribution in [-0.4, -0.2) is 46.0 Å². The molecule has 0 amide bonds. The molecular weight excluding hydrogens is 290 g/mol. The van der Waals surface area contributed by atoms with Crippen LogP contribution in [0.2, 0.25) is 0 Å². The Labute approximate surface area is 135 Å². The second kappa shape index (κ2) is 5.70. The second-order valence-corrected chi connectivity index (χ2v) is 6.09. The van der Waals surface area contributed by atoms with Gasteiger partial charge in [0.1, 0.15) is 5.76 Å². The summed E-state index contributed by atoms with van der Waals surface area (Å²) in [7, 11) is 0. The number of imidazole rings is 1. The van der Waals surface area contributed by atoms with E-state index < -0.39 is 0 Å². The van der Waals surface area contributed by atoms with E-state index in [0.717, 1.165) is 67.1 Å². The Kier molecular flexibility index (Phi) is 3.53. The summed E-state index contributed by atoms with van der Waals surface area (Å²) < 4.78 is 5.68. The highest BCUT2D eigenvalue weighted by Gasteiger charge is 2.21. The Balaban J connectivity index is 1.40. The predicted molar refractivity (Wildman–Crippen MR) is 89.6 cm³/mol. The average molecular weight is 311 g/mol. The molecule has 1 fully saturated rings. The van der Waals surface area contributed by atoms with Crippen LogP contribution in [0, 0.1) is 13.8 Å². The van der Waals surface area contributed by atoms with Gasteiger partial charge in [-0.3, -0.25) is 4.90 Å². The monoisotopic (exact) mass is 311 g/mol. The molecule has 0 atom stereocenters. The molecule has 0 bridgehead atoms. The van der Waals surface area contributed by atoms with Crippen molar-refractivity contribution in [3.8, 4) is 0 Å². The molecule has 1 N–H and O–H groups in total. The van der Waals surface area contributed by atoms with Crippen LogP contribution in [0.3, 0.4) is 0 Å². The Hall–Kier alpha value is -2.34. The molecule has 6 heteroatoms. The molecule has 0 spiro atoms. The Morgan fingerprint density at radius 1 is 1.09 bits per heavy atom. The quantitative estimate of drug-likeness (QED) is 0.805. The summed E-state index contributed by atoms with van der Waals surface area (Å²) in [5.74, 6) is 2.70. The van der Waals surface area contributed by atoms with E-state index in [1.807, 2.05) is 32.0 Å². The fourth-order valence-corrected chi connectivity index (χ4v) is 3.00. The maximum absolute atomic E-state index is 5.68. The van der Waals surface area contributed by atoms with Crippen LogP contribution in [0.1, 0.15) is 17.3 Å². The highest BCUT2D eigenvalue weighted by atomic mass is 16.4. The molecule has 2 aromatic heterocycles. The van der Waals surface area contributed by atoms with Gasteiger partial charge in [-0.1, -0.05) is 12.1 Å². The second-order valence-electron chi connectivity index (χ2n) is 6.09. The lowest BCUT2D eigenvalue weighted by atomic mass is 10.3. The summed E-state index contributed by atoms with van der Waals surface area (Å²) in [5, 5.41) is 0. The first-order valence-electron chi connectivity index (χ1n) is 8.04. The fourth-order valence-electron chi connectivity index (χ4n) is 3.00. The van der Waals surface area contributed by atoms with Gasteiger partial charge in [-0.15, -0.1) is 0 Å². The lowest BCUT2D eigenvalue weighted by Gasteiger charge is -2.33. The molecular formula is C17H21N5O. The van der Waals surface area contributed by atoms with Crippen LogP contribution >= 0.6 is 0 Å². The number of aromatic nitrogens is 3. The number of hydrogen-bond donors (Lipinski definition) is 1. The molecule has 1 aliphatic rings. The molecule has 120 valence electrons. The average Bonchev–Trinajstić information content (AvgIpc) is 3.11. The maximum atomic E-state index is 5.68. The van der Waals surface area contributed by atoms with Crippen LogP contribution in [0.25, 0.3) is 11.0 Å². The summed E-state index contributed by atoms with van der Waals surface area (Å²) in [6.45, 7) is 8.61. The SMILES string of the molecule is Cc1nc(CN2CCN(c3nc4ccccc4[nH]3)CC2)oc1C. The summed E-state index contributed by atoms with van der Waals surface area (Å²) in [6, 6.07) is 8.15. The number of nitrogens with zero attached hydrogens (tertiary/aromatic N) is 4. The number of anilines is 1. The molecule has 1 aromatic carbocycles. The number of aromatic amines is 1. The third-order valence-corrected chi connectivity index (χ3v) is 4.48. The van der Waals surface area contributed by atoms with Crippen molar-refractivity contribution in [3.63, 3.8) is 0 Å². The standard InChI is InChI=1S/C17H21N5O/c1-12-13(2)23-16(18-12)11-21-7-9-22(10-8-21)17-19-14-5-3-4-6-15(14)20-17/h3-6H,7-11H2,1-2H3,(H,19,20). The van der Waals surface area contributed by atoms with E-state index in [4.69, 9.17) is 4.42 Å². The number of fused-ring (bicyclic) bond motifs is 1. The number of hydrogen-bond acceptors (Lipinski definition) is 5. The highest BCUT2D eigenvalue weighted by molar-refractivity contribution is 5.77. The van der Waals surface area contributed by atoms with Crippen molar-refractivity contribution in [2.75, 3.05) is 31.1 Å². The molecule has 0 aliphatic carbocycles. The molecule has 3 aromatic rings. The Bertz CT molecular complexity index is 761. The van der Waals surface area contributed by atoms with Crippen LogP contribution in [0.4, 0.5) is 5.95 Å². The van der Waals surface area contributed by atoms with Crippen molar-refractivity contribution < 1.29 is 4.42 Å². The minimum atomic E-state index is 0.780.